The van der Waals surface area contributed by atoms with Gasteiger partial charge in [0.1, 0.15) is 4.90 Å². The number of thiophene rings is 1. The van der Waals surface area contributed by atoms with Crippen LogP contribution in [0, 0.1) is 0 Å². The van der Waals surface area contributed by atoms with E-state index in [1.165, 1.54) is 11.3 Å². The lowest BCUT2D eigenvalue weighted by Crippen LogP contribution is -2.30. The molecule has 0 aliphatic heterocycles. The molecule has 1 heterocycles. The van der Waals surface area contributed by atoms with Crippen molar-refractivity contribution in [3.05, 3.63) is 29.1 Å². The summed E-state index contributed by atoms with van der Waals surface area (Å²) in [7, 11) is -3.52. The minimum absolute atomic E-state index is 0.230. The van der Waals surface area contributed by atoms with Crippen LogP contribution in [0.3, 0.4) is 0 Å². The normalized spacial score (nSPS) is 13.8. The van der Waals surface area contributed by atoms with Gasteiger partial charge in [-0.3, -0.25) is 0 Å². The van der Waals surface area contributed by atoms with E-state index >= 15 is 0 Å². The third kappa shape index (κ3) is 3.17. The summed E-state index contributed by atoms with van der Waals surface area (Å²) in [4.78, 5) is 1.05. The van der Waals surface area contributed by atoms with E-state index in [0.717, 1.165) is 10.1 Å². The van der Waals surface area contributed by atoms with Crippen LogP contribution in [-0.2, 0) is 16.6 Å². The van der Waals surface area contributed by atoms with Crippen LogP contribution < -0.4 is 10.5 Å². The van der Waals surface area contributed by atoms with Gasteiger partial charge in [-0.05, 0) is 12.3 Å². The first-order valence-electron chi connectivity index (χ1n) is 6.22. The molecule has 7 heteroatoms. The van der Waals surface area contributed by atoms with E-state index in [1.807, 2.05) is 37.4 Å². The van der Waals surface area contributed by atoms with E-state index in [1.54, 1.807) is 11.8 Å². The first-order valence-corrected chi connectivity index (χ1v) is 9.81. The summed E-state index contributed by atoms with van der Waals surface area (Å²) < 4.78 is 28.7. The number of nitrogens with one attached hydrogen (secondary N) is 1. The molecule has 0 saturated heterocycles. The number of nitrogens with two attached hydrogens (primary N) is 1. The first kappa shape index (κ1) is 15.8. The summed E-state index contributed by atoms with van der Waals surface area (Å²) in [6.07, 6.45) is 1.96. The van der Waals surface area contributed by atoms with Gasteiger partial charge in [0.2, 0.25) is 10.0 Å². The molecule has 0 amide bonds. The quantitative estimate of drug-likeness (QED) is 0.853. The molecule has 0 bridgehead atoms. The monoisotopic (exact) mass is 330 g/mol. The average Bonchev–Trinajstić information content (AvgIpc) is 2.84. The molecule has 2 rings (SSSR count). The molecule has 3 N–H and O–H groups in total. The van der Waals surface area contributed by atoms with Crippen molar-refractivity contribution >= 4 is 43.2 Å². The molecule has 0 spiro atoms. The molecule has 0 aliphatic carbocycles. The zero-order valence-electron chi connectivity index (χ0n) is 11.4. The Morgan fingerprint density at radius 3 is 2.75 bits per heavy atom. The van der Waals surface area contributed by atoms with E-state index in [-0.39, 0.29) is 11.8 Å². The number of sulfonamides is 1. The average molecular weight is 331 g/mol. The lowest BCUT2D eigenvalue weighted by atomic mass is 10.2. The van der Waals surface area contributed by atoms with E-state index in [2.05, 4.69) is 4.72 Å². The van der Waals surface area contributed by atoms with E-state index in [4.69, 9.17) is 5.73 Å². The van der Waals surface area contributed by atoms with Crippen molar-refractivity contribution in [1.82, 2.24) is 4.72 Å². The number of hydrogen-bond donors (Lipinski definition) is 2. The molecule has 1 aromatic carbocycles. The second-order valence-electron chi connectivity index (χ2n) is 4.45. The van der Waals surface area contributed by atoms with Crippen molar-refractivity contribution in [3.63, 3.8) is 0 Å². The molecule has 1 aromatic heterocycles. The third-order valence-corrected chi connectivity index (χ3v) is 6.88. The van der Waals surface area contributed by atoms with E-state index < -0.39 is 10.0 Å². The van der Waals surface area contributed by atoms with E-state index in [0.29, 0.717) is 16.3 Å². The Morgan fingerprint density at radius 2 is 2.10 bits per heavy atom. The van der Waals surface area contributed by atoms with Gasteiger partial charge in [-0.15, -0.1) is 11.3 Å². The third-order valence-electron chi connectivity index (χ3n) is 3.04. The molecule has 1 unspecified atom stereocenters. The van der Waals surface area contributed by atoms with Crippen molar-refractivity contribution in [2.24, 2.45) is 5.73 Å². The largest absolute Gasteiger partial charge is 0.326 e. The number of hydrogen-bond acceptors (Lipinski definition) is 5. The standard InChI is InChI=1S/C13H18N2O2S3/c1-9(18-2)8-15-20(16,17)13-10-5-3-4-6-11(10)19-12(13)7-14/h3-6,9,15H,7-8,14H2,1-2H3. The van der Waals surface area contributed by atoms with Crippen molar-refractivity contribution < 1.29 is 8.42 Å². The van der Waals surface area contributed by atoms with Gasteiger partial charge < -0.3 is 5.73 Å². The van der Waals surface area contributed by atoms with Gasteiger partial charge in [0, 0.05) is 33.3 Å². The Hall–Kier alpha value is -0.600. The molecular formula is C13H18N2O2S3. The molecule has 0 fully saturated rings. The van der Waals surface area contributed by atoms with E-state index in [9.17, 15) is 8.42 Å². The van der Waals surface area contributed by atoms with Gasteiger partial charge in [0.25, 0.3) is 0 Å². The molecule has 110 valence electrons. The summed E-state index contributed by atoms with van der Waals surface area (Å²) >= 11 is 3.07. The molecule has 0 radical (unpaired) electrons. The lowest BCUT2D eigenvalue weighted by Gasteiger charge is -2.11. The Balaban J connectivity index is 2.45. The van der Waals surface area contributed by atoms with Crippen LogP contribution in [0.2, 0.25) is 0 Å². The molecule has 0 aliphatic rings. The predicted molar refractivity (Wildman–Crippen MR) is 87.9 cm³/mol. The van der Waals surface area contributed by atoms with Crippen LogP contribution >= 0.6 is 23.1 Å². The topological polar surface area (TPSA) is 72.2 Å². The van der Waals surface area contributed by atoms with Gasteiger partial charge in [0.15, 0.2) is 0 Å². The Bertz CT molecular complexity index is 695. The van der Waals surface area contributed by atoms with Crippen molar-refractivity contribution in [2.75, 3.05) is 12.8 Å². The first-order chi connectivity index (χ1) is 9.49. The predicted octanol–water partition coefficient (Wildman–Crippen LogP) is 2.39. The fourth-order valence-corrected chi connectivity index (χ4v) is 5.20. The fraction of sp³-hybridized carbons (Fsp3) is 0.385. The lowest BCUT2D eigenvalue weighted by molar-refractivity contribution is 0.582. The van der Waals surface area contributed by atoms with Gasteiger partial charge >= 0.3 is 0 Å². The number of benzene rings is 1. The van der Waals surface area contributed by atoms with Crippen LogP contribution in [0.15, 0.2) is 29.2 Å². The fourth-order valence-electron chi connectivity index (χ4n) is 1.88. The summed E-state index contributed by atoms with van der Waals surface area (Å²) in [6.45, 7) is 2.63. The maximum Gasteiger partial charge on any atom is 0.242 e. The highest BCUT2D eigenvalue weighted by Crippen LogP contribution is 2.34. The zero-order valence-corrected chi connectivity index (χ0v) is 13.9. The zero-order chi connectivity index (χ0) is 14.8. The van der Waals surface area contributed by atoms with Crippen LogP contribution in [0.4, 0.5) is 0 Å². The smallest absolute Gasteiger partial charge is 0.242 e. The number of thioether (sulfide) groups is 1. The summed E-state index contributed by atoms with van der Waals surface area (Å²) in [6, 6.07) is 7.50. The molecule has 4 nitrogen and oxygen atoms in total. The van der Waals surface area contributed by atoms with Crippen molar-refractivity contribution in [3.8, 4) is 0 Å². The van der Waals surface area contributed by atoms with Crippen LogP contribution in [0.5, 0.6) is 0 Å². The highest BCUT2D eigenvalue weighted by Gasteiger charge is 2.23. The molecule has 20 heavy (non-hydrogen) atoms. The summed E-state index contributed by atoms with van der Waals surface area (Å²) in [5, 5.41) is 0.984. The maximum atomic E-state index is 12.5. The molecule has 0 saturated carbocycles. The van der Waals surface area contributed by atoms with Crippen LogP contribution in [-0.4, -0.2) is 26.5 Å². The van der Waals surface area contributed by atoms with Crippen molar-refractivity contribution in [2.45, 2.75) is 23.6 Å². The van der Waals surface area contributed by atoms with Gasteiger partial charge in [0.05, 0.1) is 0 Å². The Morgan fingerprint density at radius 1 is 1.40 bits per heavy atom. The number of fused-ring (bicyclic) bond motifs is 1. The van der Waals surface area contributed by atoms with Gasteiger partial charge in [-0.25, -0.2) is 13.1 Å². The summed E-state index contributed by atoms with van der Waals surface area (Å²) in [5.41, 5.74) is 5.71. The minimum atomic E-state index is -3.52. The van der Waals surface area contributed by atoms with Crippen molar-refractivity contribution in [1.29, 1.82) is 0 Å². The second-order valence-corrected chi connectivity index (χ2v) is 8.57. The Labute approximate surface area is 127 Å². The highest BCUT2D eigenvalue weighted by molar-refractivity contribution is 7.99. The SMILES string of the molecule is CSC(C)CNS(=O)(=O)c1c(CN)sc2ccccc12. The molecule has 1 atom stereocenters. The van der Waals surface area contributed by atoms with Crippen LogP contribution in [0.25, 0.3) is 10.1 Å². The van der Waals surface area contributed by atoms with Gasteiger partial charge in [-0.1, -0.05) is 25.1 Å². The minimum Gasteiger partial charge on any atom is -0.326 e. The van der Waals surface area contributed by atoms with Crippen LogP contribution in [0.1, 0.15) is 11.8 Å². The molecular weight excluding hydrogens is 312 g/mol. The van der Waals surface area contributed by atoms with Gasteiger partial charge in [-0.2, -0.15) is 11.8 Å². The molecule has 2 aromatic rings. The highest BCUT2D eigenvalue weighted by atomic mass is 32.2. The second kappa shape index (κ2) is 6.44. The number of rotatable bonds is 6. The summed E-state index contributed by atoms with van der Waals surface area (Å²) in [5.74, 6) is 0. The maximum absolute atomic E-state index is 12.5. The Kier molecular flexibility index (Phi) is 5.09.